The molecule has 2 heterocycles. The minimum Gasteiger partial charge on any atom is -0.369 e. The molecule has 0 aliphatic carbocycles. The molecule has 0 bridgehead atoms. The lowest BCUT2D eigenvalue weighted by Gasteiger charge is -2.36. The van der Waals surface area contributed by atoms with Crippen LogP contribution < -0.4 is 10.2 Å². The van der Waals surface area contributed by atoms with Crippen LogP contribution in [-0.2, 0) is 6.42 Å². The van der Waals surface area contributed by atoms with Crippen molar-refractivity contribution < 1.29 is 4.79 Å². The van der Waals surface area contributed by atoms with Gasteiger partial charge in [0, 0.05) is 43.3 Å². The van der Waals surface area contributed by atoms with Gasteiger partial charge in [-0.2, -0.15) is 0 Å². The van der Waals surface area contributed by atoms with E-state index in [0.29, 0.717) is 0 Å². The molecule has 1 aliphatic heterocycles. The van der Waals surface area contributed by atoms with E-state index in [1.807, 2.05) is 12.1 Å². The highest BCUT2D eigenvalue weighted by atomic mass is 32.1. The third kappa shape index (κ3) is 5.08. The highest BCUT2D eigenvalue weighted by Gasteiger charge is 2.17. The van der Waals surface area contributed by atoms with Crippen LogP contribution in [0.5, 0.6) is 0 Å². The Balaban J connectivity index is 1.34. The van der Waals surface area contributed by atoms with Crippen LogP contribution in [-0.4, -0.2) is 50.1 Å². The molecule has 4 nitrogen and oxygen atoms in total. The Morgan fingerprint density at radius 1 is 1.15 bits per heavy atom. The topological polar surface area (TPSA) is 35.6 Å². The first-order valence-corrected chi connectivity index (χ1v) is 10.4. The van der Waals surface area contributed by atoms with Gasteiger partial charge < -0.3 is 10.2 Å². The van der Waals surface area contributed by atoms with E-state index in [1.165, 1.54) is 16.1 Å². The zero-order valence-electron chi connectivity index (χ0n) is 15.8. The van der Waals surface area contributed by atoms with Crippen LogP contribution in [0.2, 0.25) is 0 Å². The van der Waals surface area contributed by atoms with Gasteiger partial charge in [-0.15, -0.1) is 11.3 Å². The molecule has 0 radical (unpaired) electrons. The summed E-state index contributed by atoms with van der Waals surface area (Å²) in [4.78, 5) is 19.2. The summed E-state index contributed by atoms with van der Waals surface area (Å²) in [6.45, 7) is 10.4. The third-order valence-electron chi connectivity index (χ3n) is 4.91. The van der Waals surface area contributed by atoms with Gasteiger partial charge in [0.1, 0.15) is 0 Å². The molecule has 1 aromatic heterocycles. The maximum Gasteiger partial charge on any atom is 0.261 e. The van der Waals surface area contributed by atoms with Crippen molar-refractivity contribution in [1.82, 2.24) is 10.2 Å². The zero-order chi connectivity index (χ0) is 18.4. The SMILES string of the molecule is CCc1ccc(C(=O)NCCCN2CCN(c3cccc(C)c3)CC2)s1. The summed E-state index contributed by atoms with van der Waals surface area (Å²) in [5.74, 6) is 0.0685. The first-order chi connectivity index (χ1) is 12.7. The lowest BCUT2D eigenvalue weighted by atomic mass is 10.2. The Bertz CT molecular complexity index is 720. The zero-order valence-corrected chi connectivity index (χ0v) is 16.6. The number of benzene rings is 1. The summed E-state index contributed by atoms with van der Waals surface area (Å²) in [5, 5.41) is 3.05. The van der Waals surface area contributed by atoms with Crippen molar-refractivity contribution in [3.8, 4) is 0 Å². The summed E-state index contributed by atoms with van der Waals surface area (Å²) in [6.07, 6.45) is 1.99. The van der Waals surface area contributed by atoms with Gasteiger partial charge in [0.25, 0.3) is 5.91 Å². The van der Waals surface area contributed by atoms with E-state index in [1.54, 1.807) is 11.3 Å². The first kappa shape index (κ1) is 18.9. The number of nitrogens with zero attached hydrogens (tertiary/aromatic N) is 2. The van der Waals surface area contributed by atoms with Crippen LogP contribution in [0.4, 0.5) is 5.69 Å². The number of hydrogen-bond donors (Lipinski definition) is 1. The molecule has 1 N–H and O–H groups in total. The quantitative estimate of drug-likeness (QED) is 0.756. The standard InChI is InChI=1S/C21H29N3OS/c1-3-19-8-9-20(26-19)21(25)22-10-5-11-23-12-14-24(15-13-23)18-7-4-6-17(2)16-18/h4,6-9,16H,3,5,10-15H2,1-2H3,(H,22,25). The predicted octanol–water partition coefficient (Wildman–Crippen LogP) is 3.56. The Morgan fingerprint density at radius 2 is 1.96 bits per heavy atom. The van der Waals surface area contributed by atoms with Crippen molar-refractivity contribution >= 4 is 22.9 Å². The van der Waals surface area contributed by atoms with Crippen LogP contribution in [0.25, 0.3) is 0 Å². The van der Waals surface area contributed by atoms with Crippen molar-refractivity contribution in [2.24, 2.45) is 0 Å². The van der Waals surface area contributed by atoms with Gasteiger partial charge in [-0.3, -0.25) is 9.69 Å². The van der Waals surface area contributed by atoms with E-state index < -0.39 is 0 Å². The van der Waals surface area contributed by atoms with Crippen LogP contribution in [0.1, 0.15) is 33.5 Å². The lowest BCUT2D eigenvalue weighted by molar-refractivity contribution is 0.0955. The molecular formula is C21H29N3OS. The number of hydrogen-bond acceptors (Lipinski definition) is 4. The Labute approximate surface area is 160 Å². The van der Waals surface area contributed by atoms with E-state index in [9.17, 15) is 4.79 Å². The molecule has 5 heteroatoms. The normalized spacial score (nSPS) is 15.2. The fraction of sp³-hybridized carbons (Fsp3) is 0.476. The number of carbonyl (C=O) groups is 1. The Hall–Kier alpha value is -1.85. The molecule has 1 aliphatic rings. The molecule has 1 fully saturated rings. The van der Waals surface area contributed by atoms with Crippen LogP contribution in [0.3, 0.4) is 0 Å². The van der Waals surface area contributed by atoms with Crippen molar-refractivity contribution in [2.45, 2.75) is 26.7 Å². The fourth-order valence-corrected chi connectivity index (χ4v) is 4.20. The first-order valence-electron chi connectivity index (χ1n) is 9.56. The summed E-state index contributed by atoms with van der Waals surface area (Å²) in [5.41, 5.74) is 2.65. The van der Waals surface area contributed by atoms with Crippen LogP contribution in [0.15, 0.2) is 36.4 Å². The molecular weight excluding hydrogens is 342 g/mol. The second-order valence-electron chi connectivity index (χ2n) is 6.90. The molecule has 0 atom stereocenters. The molecule has 1 aromatic carbocycles. The fourth-order valence-electron chi connectivity index (χ4n) is 3.34. The van der Waals surface area contributed by atoms with E-state index in [4.69, 9.17) is 0 Å². The number of rotatable bonds is 7. The van der Waals surface area contributed by atoms with Crippen molar-refractivity contribution in [2.75, 3.05) is 44.2 Å². The molecule has 140 valence electrons. The molecule has 1 amide bonds. The summed E-state index contributed by atoms with van der Waals surface area (Å²) in [7, 11) is 0. The Kier molecular flexibility index (Phi) is 6.69. The number of nitrogens with one attached hydrogen (secondary N) is 1. The van der Waals surface area contributed by atoms with Gasteiger partial charge in [-0.1, -0.05) is 19.1 Å². The molecule has 0 unspecified atom stereocenters. The number of piperazine rings is 1. The average molecular weight is 372 g/mol. The van der Waals surface area contributed by atoms with Gasteiger partial charge in [-0.05, 0) is 56.1 Å². The van der Waals surface area contributed by atoms with E-state index in [2.05, 4.69) is 53.2 Å². The van der Waals surface area contributed by atoms with Gasteiger partial charge >= 0.3 is 0 Å². The van der Waals surface area contributed by atoms with E-state index in [-0.39, 0.29) is 5.91 Å². The van der Waals surface area contributed by atoms with E-state index in [0.717, 1.165) is 57.0 Å². The summed E-state index contributed by atoms with van der Waals surface area (Å²) < 4.78 is 0. The smallest absolute Gasteiger partial charge is 0.261 e. The number of thiophene rings is 1. The molecule has 3 rings (SSSR count). The van der Waals surface area contributed by atoms with Gasteiger partial charge in [-0.25, -0.2) is 0 Å². The molecule has 2 aromatic rings. The van der Waals surface area contributed by atoms with Crippen molar-refractivity contribution in [1.29, 1.82) is 0 Å². The predicted molar refractivity (Wildman–Crippen MR) is 110 cm³/mol. The summed E-state index contributed by atoms with van der Waals surface area (Å²) in [6, 6.07) is 12.7. The maximum atomic E-state index is 12.1. The third-order valence-corrected chi connectivity index (χ3v) is 6.14. The lowest BCUT2D eigenvalue weighted by Crippen LogP contribution is -2.47. The van der Waals surface area contributed by atoms with Crippen LogP contribution >= 0.6 is 11.3 Å². The summed E-state index contributed by atoms with van der Waals surface area (Å²) >= 11 is 1.60. The highest BCUT2D eigenvalue weighted by molar-refractivity contribution is 7.14. The average Bonchev–Trinajstić information content (AvgIpc) is 3.15. The largest absolute Gasteiger partial charge is 0.369 e. The number of aryl methyl sites for hydroxylation is 2. The monoisotopic (exact) mass is 371 g/mol. The Morgan fingerprint density at radius 3 is 2.65 bits per heavy atom. The minimum absolute atomic E-state index is 0.0685. The second kappa shape index (κ2) is 9.19. The molecule has 26 heavy (non-hydrogen) atoms. The minimum atomic E-state index is 0.0685. The van der Waals surface area contributed by atoms with E-state index >= 15 is 0 Å². The molecule has 0 spiro atoms. The van der Waals surface area contributed by atoms with Gasteiger partial charge in [0.05, 0.1) is 4.88 Å². The van der Waals surface area contributed by atoms with Gasteiger partial charge in [0.15, 0.2) is 0 Å². The van der Waals surface area contributed by atoms with Gasteiger partial charge in [0.2, 0.25) is 0 Å². The number of amides is 1. The van der Waals surface area contributed by atoms with Crippen LogP contribution in [0, 0.1) is 6.92 Å². The van der Waals surface area contributed by atoms with Crippen molar-refractivity contribution in [3.05, 3.63) is 51.7 Å². The molecule has 0 saturated carbocycles. The molecule has 1 saturated heterocycles. The second-order valence-corrected chi connectivity index (χ2v) is 8.06. The number of carbonyl (C=O) groups excluding carboxylic acids is 1. The van der Waals surface area contributed by atoms with Crippen molar-refractivity contribution in [3.63, 3.8) is 0 Å². The number of anilines is 1. The highest BCUT2D eigenvalue weighted by Crippen LogP contribution is 2.18. The maximum absolute atomic E-state index is 12.1.